The fourth-order valence-electron chi connectivity index (χ4n) is 2.74. The Morgan fingerprint density at radius 1 is 1.14 bits per heavy atom. The number of carbonyl (C=O) groups is 1. The molecule has 0 aliphatic rings. The molecule has 28 heavy (non-hydrogen) atoms. The molecule has 0 saturated heterocycles. The van der Waals surface area contributed by atoms with Gasteiger partial charge in [-0.25, -0.2) is 0 Å². The minimum absolute atomic E-state index is 0.122. The maximum absolute atomic E-state index is 12.4. The lowest BCUT2D eigenvalue weighted by molar-refractivity contribution is -0.116. The highest BCUT2D eigenvalue weighted by atomic mass is 16.5. The zero-order valence-electron chi connectivity index (χ0n) is 16.3. The number of benzene rings is 2. The Bertz CT molecular complexity index is 906. The number of nitrogens with one attached hydrogen (secondary N) is 1. The van der Waals surface area contributed by atoms with Crippen molar-refractivity contribution in [3.63, 3.8) is 0 Å². The van der Waals surface area contributed by atoms with Gasteiger partial charge in [-0.1, -0.05) is 48.5 Å². The van der Waals surface area contributed by atoms with E-state index >= 15 is 0 Å². The third-order valence-electron chi connectivity index (χ3n) is 4.20. The molecule has 1 amide bonds. The summed E-state index contributed by atoms with van der Waals surface area (Å²) in [4.78, 5) is 16.7. The van der Waals surface area contributed by atoms with Gasteiger partial charge in [-0.05, 0) is 36.6 Å². The van der Waals surface area contributed by atoms with Crippen LogP contribution >= 0.6 is 0 Å². The molecule has 2 aromatic carbocycles. The van der Waals surface area contributed by atoms with E-state index in [-0.39, 0.29) is 12.3 Å². The van der Waals surface area contributed by atoms with Crippen LogP contribution in [0.2, 0.25) is 0 Å². The normalized spacial score (nSPS) is 10.6. The Balaban J connectivity index is 1.58. The van der Waals surface area contributed by atoms with E-state index in [4.69, 9.17) is 9.26 Å². The highest BCUT2D eigenvalue weighted by molar-refractivity contribution is 5.92. The van der Waals surface area contributed by atoms with Gasteiger partial charge in [-0.15, -0.1) is 0 Å². The highest BCUT2D eigenvalue weighted by Gasteiger charge is 2.12. The quantitative estimate of drug-likeness (QED) is 0.593. The van der Waals surface area contributed by atoms with Gasteiger partial charge in [0.2, 0.25) is 11.8 Å². The maximum atomic E-state index is 12.4. The van der Waals surface area contributed by atoms with Crippen molar-refractivity contribution < 1.29 is 14.1 Å². The number of aromatic nitrogens is 2. The number of hydrogen-bond donors (Lipinski definition) is 1. The van der Waals surface area contributed by atoms with E-state index in [0.717, 1.165) is 24.0 Å². The van der Waals surface area contributed by atoms with Crippen LogP contribution in [0.3, 0.4) is 0 Å². The molecule has 0 aliphatic heterocycles. The van der Waals surface area contributed by atoms with Crippen molar-refractivity contribution in [3.8, 4) is 5.75 Å². The molecule has 0 radical (unpaired) electrons. The molecule has 0 atom stereocenters. The first-order valence-corrected chi connectivity index (χ1v) is 9.52. The summed E-state index contributed by atoms with van der Waals surface area (Å²) in [5.74, 6) is 1.71. The summed E-state index contributed by atoms with van der Waals surface area (Å²) in [5.41, 5.74) is 2.79. The van der Waals surface area contributed by atoms with Crippen LogP contribution in [0.1, 0.15) is 42.6 Å². The molecule has 0 spiro atoms. The first-order valence-electron chi connectivity index (χ1n) is 9.52. The molecule has 6 nitrogen and oxygen atoms in total. The number of anilines is 1. The molecule has 3 rings (SSSR count). The average molecular weight is 379 g/mol. The number of carbonyl (C=O) groups excluding carboxylic acids is 1. The molecule has 1 N–H and O–H groups in total. The van der Waals surface area contributed by atoms with Gasteiger partial charge < -0.3 is 14.6 Å². The van der Waals surface area contributed by atoms with Gasteiger partial charge in [0, 0.05) is 19.3 Å². The second-order valence-corrected chi connectivity index (χ2v) is 6.68. The first-order chi connectivity index (χ1) is 13.6. The minimum Gasteiger partial charge on any atom is -0.487 e. The van der Waals surface area contributed by atoms with Gasteiger partial charge in [-0.2, -0.15) is 4.98 Å². The molecule has 1 heterocycles. The molecule has 0 aliphatic carbocycles. The smallest absolute Gasteiger partial charge is 0.227 e. The van der Waals surface area contributed by atoms with E-state index in [0.29, 0.717) is 36.2 Å². The second kappa shape index (κ2) is 9.69. The van der Waals surface area contributed by atoms with Crippen LogP contribution in [0.25, 0.3) is 0 Å². The standard InChI is InChI=1S/C22H25N3O3/c1-3-7-20-24-22(28-25-20)13-12-21(26)23-18-11-10-16(2)14-19(18)27-15-17-8-5-4-6-9-17/h4-6,8-11,14H,3,7,12-13,15H2,1-2H3,(H,23,26). The fourth-order valence-corrected chi connectivity index (χ4v) is 2.74. The van der Waals surface area contributed by atoms with Crippen LogP contribution in [-0.2, 0) is 24.2 Å². The van der Waals surface area contributed by atoms with Crippen LogP contribution in [-0.4, -0.2) is 16.0 Å². The zero-order valence-corrected chi connectivity index (χ0v) is 16.3. The molecule has 0 saturated carbocycles. The fraction of sp³-hybridized carbons (Fsp3) is 0.318. The largest absolute Gasteiger partial charge is 0.487 e. The lowest BCUT2D eigenvalue weighted by atomic mass is 10.2. The van der Waals surface area contributed by atoms with Crippen LogP contribution in [0.4, 0.5) is 5.69 Å². The van der Waals surface area contributed by atoms with Crippen LogP contribution in [0.15, 0.2) is 53.1 Å². The molecule has 1 aromatic heterocycles. The van der Waals surface area contributed by atoms with Crippen molar-refractivity contribution in [3.05, 3.63) is 71.4 Å². The molecule has 0 bridgehead atoms. The van der Waals surface area contributed by atoms with E-state index in [1.54, 1.807) is 0 Å². The van der Waals surface area contributed by atoms with Crippen molar-refractivity contribution in [2.75, 3.05) is 5.32 Å². The monoisotopic (exact) mass is 379 g/mol. The molecule has 0 fully saturated rings. The highest BCUT2D eigenvalue weighted by Crippen LogP contribution is 2.27. The molecule has 6 heteroatoms. The Morgan fingerprint density at radius 2 is 1.96 bits per heavy atom. The lowest BCUT2D eigenvalue weighted by Crippen LogP contribution is -2.13. The van der Waals surface area contributed by atoms with Gasteiger partial charge in [-0.3, -0.25) is 4.79 Å². The van der Waals surface area contributed by atoms with Gasteiger partial charge >= 0.3 is 0 Å². The molecule has 146 valence electrons. The summed E-state index contributed by atoms with van der Waals surface area (Å²) < 4.78 is 11.1. The van der Waals surface area contributed by atoms with Gasteiger partial charge in [0.05, 0.1) is 5.69 Å². The van der Waals surface area contributed by atoms with E-state index in [1.807, 2.05) is 55.5 Å². The molecular formula is C22H25N3O3. The third-order valence-corrected chi connectivity index (χ3v) is 4.20. The number of amides is 1. The van der Waals surface area contributed by atoms with Gasteiger partial charge in [0.1, 0.15) is 12.4 Å². The molecular weight excluding hydrogens is 354 g/mol. The average Bonchev–Trinajstić information content (AvgIpc) is 3.15. The van der Waals surface area contributed by atoms with Crippen molar-refractivity contribution in [1.82, 2.24) is 10.1 Å². The zero-order chi connectivity index (χ0) is 19.8. The van der Waals surface area contributed by atoms with Crippen molar-refractivity contribution in [1.29, 1.82) is 0 Å². The number of rotatable bonds is 9. The summed E-state index contributed by atoms with van der Waals surface area (Å²) >= 11 is 0. The molecule has 0 unspecified atom stereocenters. The summed E-state index contributed by atoms with van der Waals surface area (Å²) in [7, 11) is 0. The van der Waals surface area contributed by atoms with Crippen LogP contribution in [0.5, 0.6) is 5.75 Å². The lowest BCUT2D eigenvalue weighted by Gasteiger charge is -2.13. The van der Waals surface area contributed by atoms with E-state index in [1.165, 1.54) is 0 Å². The summed E-state index contributed by atoms with van der Waals surface area (Å²) in [6, 6.07) is 15.7. The Kier molecular flexibility index (Phi) is 6.78. The third kappa shape index (κ3) is 5.67. The number of ether oxygens (including phenoxy) is 1. The second-order valence-electron chi connectivity index (χ2n) is 6.68. The summed E-state index contributed by atoms with van der Waals surface area (Å²) in [5, 5.41) is 6.83. The number of hydrogen-bond acceptors (Lipinski definition) is 5. The predicted molar refractivity (Wildman–Crippen MR) is 107 cm³/mol. The summed E-state index contributed by atoms with van der Waals surface area (Å²) in [6.07, 6.45) is 2.41. The van der Waals surface area contributed by atoms with E-state index in [2.05, 4.69) is 22.4 Å². The Labute approximate surface area is 164 Å². The van der Waals surface area contributed by atoms with Crippen molar-refractivity contribution in [2.45, 2.75) is 46.1 Å². The topological polar surface area (TPSA) is 77.2 Å². The van der Waals surface area contributed by atoms with Crippen LogP contribution < -0.4 is 10.1 Å². The van der Waals surface area contributed by atoms with E-state index in [9.17, 15) is 4.79 Å². The van der Waals surface area contributed by atoms with Crippen LogP contribution in [0, 0.1) is 6.92 Å². The van der Waals surface area contributed by atoms with Crippen molar-refractivity contribution >= 4 is 11.6 Å². The van der Waals surface area contributed by atoms with Crippen molar-refractivity contribution in [2.24, 2.45) is 0 Å². The number of nitrogens with zero attached hydrogens (tertiary/aromatic N) is 2. The van der Waals surface area contributed by atoms with Gasteiger partial charge in [0.25, 0.3) is 0 Å². The van der Waals surface area contributed by atoms with Gasteiger partial charge in [0.15, 0.2) is 5.82 Å². The maximum Gasteiger partial charge on any atom is 0.227 e. The number of aryl methyl sites for hydroxylation is 3. The molecule has 3 aromatic rings. The summed E-state index contributed by atoms with van der Waals surface area (Å²) in [6.45, 7) is 4.49. The first kappa shape index (κ1) is 19.6. The minimum atomic E-state index is -0.122. The predicted octanol–water partition coefficient (Wildman–Crippen LogP) is 4.48. The Morgan fingerprint density at radius 3 is 2.75 bits per heavy atom. The van der Waals surface area contributed by atoms with E-state index < -0.39 is 0 Å². The Hall–Kier alpha value is -3.15. The SMILES string of the molecule is CCCc1noc(CCC(=O)Nc2ccc(C)cc2OCc2ccccc2)n1.